The van der Waals surface area contributed by atoms with E-state index < -0.39 is 22.1 Å². The van der Waals surface area contributed by atoms with Crippen molar-refractivity contribution in [1.29, 1.82) is 0 Å². The summed E-state index contributed by atoms with van der Waals surface area (Å²) in [6.07, 6.45) is 2.28. The SMILES string of the molecule is CS(=O)(=O)N1CCCC1C(=O)NC(c1ccc(F)cc1)c1cccs1. The molecule has 1 aromatic carbocycles. The van der Waals surface area contributed by atoms with Crippen molar-refractivity contribution in [3.8, 4) is 0 Å². The van der Waals surface area contributed by atoms with Gasteiger partial charge in [-0.25, -0.2) is 12.8 Å². The molecule has 2 atom stereocenters. The fourth-order valence-corrected chi connectivity index (χ4v) is 4.99. The van der Waals surface area contributed by atoms with Gasteiger partial charge >= 0.3 is 0 Å². The van der Waals surface area contributed by atoms with E-state index in [0.717, 1.165) is 16.7 Å². The highest BCUT2D eigenvalue weighted by Crippen LogP contribution is 2.28. The van der Waals surface area contributed by atoms with Gasteiger partial charge in [0.15, 0.2) is 0 Å². The largest absolute Gasteiger partial charge is 0.343 e. The van der Waals surface area contributed by atoms with E-state index in [4.69, 9.17) is 0 Å². The van der Waals surface area contributed by atoms with Crippen LogP contribution >= 0.6 is 11.3 Å². The van der Waals surface area contributed by atoms with Crippen LogP contribution in [0.3, 0.4) is 0 Å². The summed E-state index contributed by atoms with van der Waals surface area (Å²) in [5, 5.41) is 4.84. The molecule has 5 nitrogen and oxygen atoms in total. The predicted octanol–water partition coefficient (Wildman–Crippen LogP) is 2.52. The summed E-state index contributed by atoms with van der Waals surface area (Å²) in [5.74, 6) is -0.676. The number of carbonyl (C=O) groups excluding carboxylic acids is 1. The van der Waals surface area contributed by atoms with E-state index in [9.17, 15) is 17.6 Å². The fraction of sp³-hybridized carbons (Fsp3) is 0.353. The van der Waals surface area contributed by atoms with Crippen molar-refractivity contribution in [3.05, 3.63) is 58.0 Å². The van der Waals surface area contributed by atoms with Crippen LogP contribution in [0.2, 0.25) is 0 Å². The Morgan fingerprint density at radius 3 is 2.64 bits per heavy atom. The molecule has 0 bridgehead atoms. The maximum atomic E-state index is 13.2. The van der Waals surface area contributed by atoms with Crippen molar-refractivity contribution in [2.45, 2.75) is 24.9 Å². The molecule has 134 valence electrons. The van der Waals surface area contributed by atoms with E-state index >= 15 is 0 Å². The minimum absolute atomic E-state index is 0.328. The van der Waals surface area contributed by atoms with Crippen LogP contribution in [0.4, 0.5) is 4.39 Å². The normalized spacial score (nSPS) is 19.7. The molecule has 1 aromatic heterocycles. The standard InChI is InChI=1S/C17H19FN2O3S2/c1-25(22,23)20-10-2-4-14(20)17(21)19-16(15-5-3-11-24-15)12-6-8-13(18)9-7-12/h3,5-9,11,14,16H,2,4,10H2,1H3,(H,19,21). The summed E-state index contributed by atoms with van der Waals surface area (Å²) in [7, 11) is -3.43. The van der Waals surface area contributed by atoms with Gasteiger partial charge < -0.3 is 5.32 Å². The Bertz CT molecular complexity index is 835. The zero-order valence-corrected chi connectivity index (χ0v) is 15.3. The van der Waals surface area contributed by atoms with Crippen LogP contribution in [-0.2, 0) is 14.8 Å². The highest BCUT2D eigenvalue weighted by atomic mass is 32.2. The highest BCUT2D eigenvalue weighted by molar-refractivity contribution is 7.88. The van der Waals surface area contributed by atoms with Crippen molar-refractivity contribution in [3.63, 3.8) is 0 Å². The Morgan fingerprint density at radius 1 is 1.32 bits per heavy atom. The zero-order valence-electron chi connectivity index (χ0n) is 13.7. The van der Waals surface area contributed by atoms with Gasteiger partial charge in [0.25, 0.3) is 0 Å². The molecule has 25 heavy (non-hydrogen) atoms. The molecule has 8 heteroatoms. The van der Waals surface area contributed by atoms with Crippen LogP contribution in [0.25, 0.3) is 0 Å². The van der Waals surface area contributed by atoms with E-state index in [1.165, 1.54) is 27.8 Å². The molecule has 1 aliphatic rings. The number of nitrogens with zero attached hydrogens (tertiary/aromatic N) is 1. The third kappa shape index (κ3) is 4.08. The second kappa shape index (κ2) is 7.23. The molecule has 1 aliphatic heterocycles. The number of nitrogens with one attached hydrogen (secondary N) is 1. The second-order valence-electron chi connectivity index (χ2n) is 6.04. The summed E-state index contributed by atoms with van der Waals surface area (Å²) < 4.78 is 38.2. The molecule has 3 rings (SSSR count). The van der Waals surface area contributed by atoms with Crippen LogP contribution in [0.5, 0.6) is 0 Å². The lowest BCUT2D eigenvalue weighted by atomic mass is 10.0. The minimum atomic E-state index is -3.43. The first-order valence-corrected chi connectivity index (χ1v) is 10.6. The second-order valence-corrected chi connectivity index (χ2v) is 8.95. The number of sulfonamides is 1. The summed E-state index contributed by atoms with van der Waals surface area (Å²) in [5.41, 5.74) is 0.751. The first kappa shape index (κ1) is 18.0. The molecule has 0 radical (unpaired) electrons. The van der Waals surface area contributed by atoms with Crippen LogP contribution in [0.15, 0.2) is 41.8 Å². The molecule has 2 aromatic rings. The third-order valence-electron chi connectivity index (χ3n) is 4.25. The van der Waals surface area contributed by atoms with Crippen LogP contribution in [0.1, 0.15) is 29.3 Å². The van der Waals surface area contributed by atoms with E-state index in [2.05, 4.69) is 5.32 Å². The lowest BCUT2D eigenvalue weighted by Crippen LogP contribution is -2.46. The van der Waals surface area contributed by atoms with Crippen molar-refractivity contribution in [2.75, 3.05) is 12.8 Å². The lowest BCUT2D eigenvalue weighted by Gasteiger charge is -2.25. The van der Waals surface area contributed by atoms with Crippen molar-refractivity contribution in [1.82, 2.24) is 9.62 Å². The van der Waals surface area contributed by atoms with Crippen molar-refractivity contribution in [2.24, 2.45) is 0 Å². The Labute approximate surface area is 150 Å². The maximum absolute atomic E-state index is 13.2. The number of rotatable bonds is 5. The predicted molar refractivity (Wildman–Crippen MR) is 95.3 cm³/mol. The molecule has 0 saturated carbocycles. The van der Waals surface area contributed by atoms with Crippen molar-refractivity contribution >= 4 is 27.3 Å². The Morgan fingerprint density at radius 2 is 2.04 bits per heavy atom. The molecule has 2 unspecified atom stereocenters. The number of carbonyl (C=O) groups is 1. The van der Waals surface area contributed by atoms with Gasteiger partial charge in [-0.05, 0) is 42.0 Å². The molecule has 1 fully saturated rings. The summed E-state index contributed by atoms with van der Waals surface area (Å²) in [4.78, 5) is 13.7. The van der Waals surface area contributed by atoms with E-state index in [-0.39, 0.29) is 11.7 Å². The highest BCUT2D eigenvalue weighted by Gasteiger charge is 2.37. The Balaban J connectivity index is 1.85. The molecular formula is C17H19FN2O3S2. The van der Waals surface area contributed by atoms with Gasteiger partial charge in [-0.2, -0.15) is 4.31 Å². The smallest absolute Gasteiger partial charge is 0.239 e. The lowest BCUT2D eigenvalue weighted by molar-refractivity contribution is -0.124. The molecular weight excluding hydrogens is 363 g/mol. The molecule has 1 saturated heterocycles. The van der Waals surface area contributed by atoms with E-state index in [1.807, 2.05) is 17.5 Å². The number of thiophene rings is 1. The molecule has 1 N–H and O–H groups in total. The zero-order chi connectivity index (χ0) is 18.0. The van der Waals surface area contributed by atoms with Crippen molar-refractivity contribution < 1.29 is 17.6 Å². The summed E-state index contributed by atoms with van der Waals surface area (Å²) in [6.45, 7) is 0.358. The van der Waals surface area contributed by atoms with E-state index in [1.54, 1.807) is 12.1 Å². The van der Waals surface area contributed by atoms with Crippen LogP contribution in [0, 0.1) is 5.82 Å². The van der Waals surface area contributed by atoms with Crippen LogP contribution < -0.4 is 5.32 Å². The van der Waals surface area contributed by atoms with Gasteiger partial charge in [0.05, 0.1) is 12.3 Å². The van der Waals surface area contributed by atoms with E-state index in [0.29, 0.717) is 19.4 Å². The first-order valence-electron chi connectivity index (χ1n) is 7.92. The number of halogens is 1. The van der Waals surface area contributed by atoms with Gasteiger partial charge in [-0.15, -0.1) is 11.3 Å². The van der Waals surface area contributed by atoms with Gasteiger partial charge in [0.2, 0.25) is 15.9 Å². The number of amides is 1. The Kier molecular flexibility index (Phi) is 5.21. The third-order valence-corrected chi connectivity index (χ3v) is 6.48. The topological polar surface area (TPSA) is 66.5 Å². The molecule has 0 aliphatic carbocycles. The average Bonchev–Trinajstić information content (AvgIpc) is 3.24. The maximum Gasteiger partial charge on any atom is 0.239 e. The minimum Gasteiger partial charge on any atom is -0.343 e. The quantitative estimate of drug-likeness (QED) is 0.864. The number of hydrogen-bond donors (Lipinski definition) is 1. The van der Waals surface area contributed by atoms with Crippen LogP contribution in [-0.4, -0.2) is 37.5 Å². The summed E-state index contributed by atoms with van der Waals surface area (Å²) in [6, 6.07) is 8.59. The average molecular weight is 382 g/mol. The molecule has 1 amide bonds. The van der Waals surface area contributed by atoms with Gasteiger partial charge in [0, 0.05) is 11.4 Å². The molecule has 2 heterocycles. The number of benzene rings is 1. The number of hydrogen-bond acceptors (Lipinski definition) is 4. The molecule has 0 spiro atoms. The van der Waals surface area contributed by atoms with Gasteiger partial charge in [-0.3, -0.25) is 4.79 Å². The fourth-order valence-electron chi connectivity index (χ4n) is 3.07. The Hall–Kier alpha value is -1.77. The van der Waals surface area contributed by atoms with Gasteiger partial charge in [0.1, 0.15) is 11.9 Å². The summed E-state index contributed by atoms with van der Waals surface area (Å²) >= 11 is 1.48. The monoisotopic (exact) mass is 382 g/mol. The first-order chi connectivity index (χ1) is 11.9. The van der Waals surface area contributed by atoms with Gasteiger partial charge in [-0.1, -0.05) is 18.2 Å².